The quantitative estimate of drug-likeness (QED) is 0.494. The fraction of sp³-hybridized carbons (Fsp3) is 0.0588. The van der Waals surface area contributed by atoms with E-state index in [1.54, 1.807) is 48.6 Å². The average molecular weight is 344 g/mol. The molecule has 24 heavy (non-hydrogen) atoms. The van der Waals surface area contributed by atoms with E-state index >= 15 is 0 Å². The van der Waals surface area contributed by atoms with Gasteiger partial charge in [0, 0.05) is 23.4 Å². The molecule has 2 aromatic rings. The number of halogens is 1. The van der Waals surface area contributed by atoms with Gasteiger partial charge in [0.15, 0.2) is 0 Å². The maximum atomic E-state index is 11.7. The minimum Gasteiger partial charge on any atom is -0.273 e. The van der Waals surface area contributed by atoms with Gasteiger partial charge in [-0.15, -0.1) is 0 Å². The molecule has 0 radical (unpaired) electrons. The lowest BCUT2D eigenvalue weighted by atomic mass is 10.1. The highest BCUT2D eigenvalue weighted by molar-refractivity contribution is 6.30. The van der Waals surface area contributed by atoms with Gasteiger partial charge in [-0.05, 0) is 41.5 Å². The van der Waals surface area contributed by atoms with Crippen LogP contribution >= 0.6 is 11.6 Å². The Morgan fingerprint density at radius 2 is 1.83 bits per heavy atom. The summed E-state index contributed by atoms with van der Waals surface area (Å²) < 4.78 is 0. The van der Waals surface area contributed by atoms with E-state index in [0.717, 1.165) is 11.1 Å². The SMILES string of the molecule is O=C(Cc1ccc(Cl)cc1)N/N=C/C=C/c1ccc([N+](=O)[O-])cc1. The van der Waals surface area contributed by atoms with Gasteiger partial charge in [-0.25, -0.2) is 5.43 Å². The summed E-state index contributed by atoms with van der Waals surface area (Å²) in [6, 6.07) is 13.1. The van der Waals surface area contributed by atoms with Crippen molar-refractivity contribution in [1.29, 1.82) is 0 Å². The fourth-order valence-electron chi connectivity index (χ4n) is 1.84. The molecule has 0 atom stereocenters. The third-order valence-corrected chi connectivity index (χ3v) is 3.27. The van der Waals surface area contributed by atoms with Crippen molar-refractivity contribution < 1.29 is 9.72 Å². The van der Waals surface area contributed by atoms with E-state index in [1.807, 2.05) is 0 Å². The second-order valence-electron chi connectivity index (χ2n) is 4.82. The Kier molecular flexibility index (Phi) is 6.22. The maximum Gasteiger partial charge on any atom is 0.269 e. The number of allylic oxidation sites excluding steroid dienone is 1. The van der Waals surface area contributed by atoms with Crippen LogP contribution in [0.15, 0.2) is 59.7 Å². The minimum atomic E-state index is -0.453. The van der Waals surface area contributed by atoms with Crippen LogP contribution in [0.25, 0.3) is 6.08 Å². The Morgan fingerprint density at radius 3 is 2.46 bits per heavy atom. The lowest BCUT2D eigenvalue weighted by molar-refractivity contribution is -0.384. The zero-order valence-electron chi connectivity index (χ0n) is 12.6. The summed E-state index contributed by atoms with van der Waals surface area (Å²) in [6.07, 6.45) is 4.99. The first kappa shape index (κ1) is 17.4. The highest BCUT2D eigenvalue weighted by atomic mass is 35.5. The molecule has 1 N–H and O–H groups in total. The molecule has 0 aromatic heterocycles. The molecule has 0 aliphatic heterocycles. The second kappa shape index (κ2) is 8.59. The number of non-ortho nitro benzene ring substituents is 1. The fourth-order valence-corrected chi connectivity index (χ4v) is 1.97. The van der Waals surface area contributed by atoms with Gasteiger partial charge in [0.25, 0.3) is 5.69 Å². The number of nitro groups is 1. The van der Waals surface area contributed by atoms with Crippen LogP contribution in [0.3, 0.4) is 0 Å². The smallest absolute Gasteiger partial charge is 0.269 e. The number of hydrazone groups is 1. The lowest BCUT2D eigenvalue weighted by Gasteiger charge is -2.00. The largest absolute Gasteiger partial charge is 0.273 e. The number of nitrogens with zero attached hydrogens (tertiary/aromatic N) is 2. The summed E-state index contributed by atoms with van der Waals surface area (Å²) in [5.41, 5.74) is 4.08. The number of carbonyl (C=O) groups excluding carboxylic acids is 1. The molecule has 0 aliphatic rings. The minimum absolute atomic E-state index is 0.0373. The molecule has 122 valence electrons. The highest BCUT2D eigenvalue weighted by Crippen LogP contribution is 2.12. The van der Waals surface area contributed by atoms with Gasteiger partial charge in [-0.3, -0.25) is 14.9 Å². The Bertz CT molecular complexity index is 769. The van der Waals surface area contributed by atoms with E-state index < -0.39 is 4.92 Å². The molecule has 0 heterocycles. The molecule has 0 aliphatic carbocycles. The maximum absolute atomic E-state index is 11.7. The Morgan fingerprint density at radius 1 is 1.17 bits per heavy atom. The molecule has 2 rings (SSSR count). The molecule has 2 aromatic carbocycles. The zero-order chi connectivity index (χ0) is 17.4. The van der Waals surface area contributed by atoms with E-state index in [0.29, 0.717) is 5.02 Å². The Hall–Kier alpha value is -2.99. The van der Waals surface area contributed by atoms with Gasteiger partial charge in [-0.2, -0.15) is 5.10 Å². The van der Waals surface area contributed by atoms with Crippen LogP contribution in [0.2, 0.25) is 5.02 Å². The van der Waals surface area contributed by atoms with Gasteiger partial charge in [-0.1, -0.05) is 29.8 Å². The van der Waals surface area contributed by atoms with Crippen molar-refractivity contribution in [2.45, 2.75) is 6.42 Å². The average Bonchev–Trinajstić information content (AvgIpc) is 2.57. The van der Waals surface area contributed by atoms with E-state index in [1.165, 1.54) is 18.3 Å². The van der Waals surface area contributed by atoms with Crippen LogP contribution in [0.5, 0.6) is 0 Å². The normalized spacial score (nSPS) is 11.0. The molecular formula is C17H14ClN3O3. The summed E-state index contributed by atoms with van der Waals surface area (Å²) in [4.78, 5) is 21.8. The van der Waals surface area contributed by atoms with Crippen LogP contribution in [0.4, 0.5) is 5.69 Å². The molecule has 0 bridgehead atoms. The molecule has 0 fully saturated rings. The lowest BCUT2D eigenvalue weighted by Crippen LogP contribution is -2.19. The van der Waals surface area contributed by atoms with E-state index in [4.69, 9.17) is 11.6 Å². The zero-order valence-corrected chi connectivity index (χ0v) is 13.3. The summed E-state index contributed by atoms with van der Waals surface area (Å²) in [5, 5.41) is 15.0. The number of nitrogens with one attached hydrogen (secondary N) is 1. The van der Waals surface area contributed by atoms with Crippen LogP contribution in [-0.2, 0) is 11.2 Å². The number of carbonyl (C=O) groups is 1. The molecule has 0 unspecified atom stereocenters. The Balaban J connectivity index is 1.80. The van der Waals surface area contributed by atoms with Gasteiger partial charge in [0.2, 0.25) is 5.91 Å². The number of hydrogen-bond acceptors (Lipinski definition) is 4. The topological polar surface area (TPSA) is 84.6 Å². The van der Waals surface area contributed by atoms with Crippen LogP contribution in [0.1, 0.15) is 11.1 Å². The molecule has 0 saturated heterocycles. The number of rotatable bonds is 6. The van der Waals surface area contributed by atoms with Crippen LogP contribution < -0.4 is 5.43 Å². The molecule has 0 saturated carbocycles. The van der Waals surface area contributed by atoms with Crippen LogP contribution in [0, 0.1) is 10.1 Å². The van der Waals surface area contributed by atoms with Crippen LogP contribution in [-0.4, -0.2) is 17.0 Å². The molecule has 6 nitrogen and oxygen atoms in total. The van der Waals surface area contributed by atoms with Crippen molar-refractivity contribution in [1.82, 2.24) is 5.43 Å². The monoisotopic (exact) mass is 343 g/mol. The van der Waals surface area contributed by atoms with Gasteiger partial charge >= 0.3 is 0 Å². The molecule has 7 heteroatoms. The van der Waals surface area contributed by atoms with E-state index in [9.17, 15) is 14.9 Å². The Labute approximate surface area is 143 Å². The predicted octanol–water partition coefficient (Wildman–Crippen LogP) is 3.61. The number of benzene rings is 2. The third-order valence-electron chi connectivity index (χ3n) is 3.02. The number of nitro benzene ring substituents is 1. The standard InChI is InChI=1S/C17H14ClN3O3/c18-15-7-3-14(4-8-15)12-17(22)20-19-11-1-2-13-5-9-16(10-6-13)21(23)24/h1-11H,12H2,(H,20,22)/b2-1+,19-11+. The molecule has 1 amide bonds. The van der Waals surface area contributed by atoms with Gasteiger partial charge in [0.1, 0.15) is 0 Å². The van der Waals surface area contributed by atoms with Crippen molar-refractivity contribution in [3.8, 4) is 0 Å². The highest BCUT2D eigenvalue weighted by Gasteiger charge is 2.02. The first-order valence-corrected chi connectivity index (χ1v) is 7.40. The summed E-state index contributed by atoms with van der Waals surface area (Å²) >= 11 is 5.78. The molecule has 0 spiro atoms. The number of hydrogen-bond donors (Lipinski definition) is 1. The first-order chi connectivity index (χ1) is 11.5. The van der Waals surface area contributed by atoms with Crippen molar-refractivity contribution in [2.75, 3.05) is 0 Å². The predicted molar refractivity (Wildman–Crippen MR) is 93.9 cm³/mol. The first-order valence-electron chi connectivity index (χ1n) is 7.02. The second-order valence-corrected chi connectivity index (χ2v) is 5.26. The molecular weight excluding hydrogens is 330 g/mol. The van der Waals surface area contributed by atoms with Crippen molar-refractivity contribution in [2.24, 2.45) is 5.10 Å². The van der Waals surface area contributed by atoms with E-state index in [2.05, 4.69) is 10.5 Å². The van der Waals surface area contributed by atoms with Crippen molar-refractivity contribution >= 4 is 35.5 Å². The number of amides is 1. The third kappa shape index (κ3) is 5.66. The van der Waals surface area contributed by atoms with E-state index in [-0.39, 0.29) is 18.0 Å². The van der Waals surface area contributed by atoms with Gasteiger partial charge < -0.3 is 0 Å². The van der Waals surface area contributed by atoms with Gasteiger partial charge in [0.05, 0.1) is 11.3 Å². The van der Waals surface area contributed by atoms with Crippen molar-refractivity contribution in [3.63, 3.8) is 0 Å². The van der Waals surface area contributed by atoms with Crippen molar-refractivity contribution in [3.05, 3.63) is 80.9 Å². The summed E-state index contributed by atoms with van der Waals surface area (Å²) in [7, 11) is 0. The summed E-state index contributed by atoms with van der Waals surface area (Å²) in [6.45, 7) is 0. The summed E-state index contributed by atoms with van der Waals surface area (Å²) in [5.74, 6) is -0.239.